The fourth-order valence-electron chi connectivity index (χ4n) is 6.49. The molecule has 0 unspecified atom stereocenters. The van der Waals surface area contributed by atoms with Gasteiger partial charge in [-0.2, -0.15) is 0 Å². The molecule has 0 aromatic heterocycles. The number of piperidine rings is 1. The van der Waals surface area contributed by atoms with Crippen molar-refractivity contribution in [3.8, 4) is 5.75 Å². The molecule has 2 aliphatic heterocycles. The third-order valence-electron chi connectivity index (χ3n) is 9.08. The van der Waals surface area contributed by atoms with Gasteiger partial charge in [-0.1, -0.05) is 81.2 Å². The van der Waals surface area contributed by atoms with E-state index in [0.717, 1.165) is 22.3 Å². The lowest BCUT2D eigenvalue weighted by Crippen LogP contribution is -2.51. The smallest absolute Gasteiger partial charge is 0.326 e. The summed E-state index contributed by atoms with van der Waals surface area (Å²) in [6.45, 7) is 11.8. The van der Waals surface area contributed by atoms with Gasteiger partial charge in [-0.15, -0.1) is 0 Å². The molecule has 7 nitrogen and oxygen atoms in total. The molecular formula is C36H42Cl2N4O3. The fraction of sp³-hybridized carbons (Fsp3) is 0.417. The number of amides is 3. The van der Waals surface area contributed by atoms with Gasteiger partial charge in [-0.3, -0.25) is 14.7 Å². The third kappa shape index (κ3) is 6.43. The average molecular weight is 650 g/mol. The zero-order chi connectivity index (χ0) is 32.5. The zero-order valence-corrected chi connectivity index (χ0v) is 28.2. The molecule has 0 radical (unpaired) electrons. The number of amidine groups is 1. The Bertz CT molecular complexity index is 1580. The molecule has 3 aromatic carbocycles. The maximum Gasteiger partial charge on any atom is 0.326 e. The van der Waals surface area contributed by atoms with Gasteiger partial charge in [0.2, 0.25) is 5.91 Å². The van der Waals surface area contributed by atoms with Gasteiger partial charge in [0.05, 0.1) is 18.2 Å². The Morgan fingerprint density at radius 1 is 0.956 bits per heavy atom. The van der Waals surface area contributed by atoms with Gasteiger partial charge in [0.15, 0.2) is 0 Å². The van der Waals surface area contributed by atoms with E-state index in [1.807, 2.05) is 71.3 Å². The van der Waals surface area contributed by atoms with Crippen molar-refractivity contribution in [2.75, 3.05) is 19.7 Å². The maximum absolute atomic E-state index is 14.9. The van der Waals surface area contributed by atoms with E-state index in [1.54, 1.807) is 0 Å². The van der Waals surface area contributed by atoms with Crippen LogP contribution in [0, 0.1) is 5.92 Å². The zero-order valence-electron chi connectivity index (χ0n) is 26.6. The lowest BCUT2D eigenvalue weighted by molar-refractivity contribution is -0.123. The van der Waals surface area contributed by atoms with Crippen LogP contribution in [-0.2, 0) is 15.7 Å². The van der Waals surface area contributed by atoms with Gasteiger partial charge >= 0.3 is 6.03 Å². The maximum atomic E-state index is 14.9. The first-order valence-corrected chi connectivity index (χ1v) is 16.4. The molecule has 1 saturated heterocycles. The molecule has 1 fully saturated rings. The van der Waals surface area contributed by atoms with E-state index in [9.17, 15) is 9.59 Å². The minimum atomic E-state index is -0.846. The van der Waals surface area contributed by atoms with Gasteiger partial charge < -0.3 is 15.4 Å². The molecule has 2 heterocycles. The lowest BCUT2D eigenvalue weighted by Gasteiger charge is -2.40. The molecule has 3 aromatic rings. The Balaban J connectivity index is 1.75. The van der Waals surface area contributed by atoms with E-state index in [0.29, 0.717) is 60.6 Å². The standard InChI is InChI=1S/C36H42Cl2N4O3/c1-6-36(25-10-15-28(38)16-11-25)31(23-8-13-27(37)14-9-23)42(34(44)41-20-18-24(19-21-41)32(39)43)33(40-36)29-17-12-26(35(3,4)5)22-30(29)45-7-2/h8-17,22,24,31H,6-7,18-21H2,1-5H3,(H2,39,43)/t31-,36+/m1/s1. The van der Waals surface area contributed by atoms with Crippen LogP contribution in [0.2, 0.25) is 10.0 Å². The quantitative estimate of drug-likeness (QED) is 0.281. The van der Waals surface area contributed by atoms with E-state index >= 15 is 0 Å². The number of halogens is 2. The van der Waals surface area contributed by atoms with Crippen molar-refractivity contribution in [2.45, 2.75) is 70.9 Å². The Kier molecular flexibility index (Phi) is 9.52. The number of nitrogens with zero attached hydrogens (tertiary/aromatic N) is 3. The first-order chi connectivity index (χ1) is 21.4. The minimum Gasteiger partial charge on any atom is -0.493 e. The van der Waals surface area contributed by atoms with Crippen molar-refractivity contribution in [3.05, 3.63) is 99.0 Å². The Labute approximate surface area is 276 Å². The van der Waals surface area contributed by atoms with Crippen LogP contribution in [-0.4, -0.2) is 47.3 Å². The van der Waals surface area contributed by atoms with Crippen LogP contribution in [0.5, 0.6) is 5.75 Å². The summed E-state index contributed by atoms with van der Waals surface area (Å²) in [6, 6.07) is 20.9. The van der Waals surface area contributed by atoms with Crippen LogP contribution in [0.15, 0.2) is 71.7 Å². The monoisotopic (exact) mass is 648 g/mol. The highest BCUT2D eigenvalue weighted by Gasteiger charge is 2.53. The topological polar surface area (TPSA) is 88.2 Å². The molecule has 45 heavy (non-hydrogen) atoms. The number of carbonyl (C=O) groups is 2. The van der Waals surface area contributed by atoms with Crippen molar-refractivity contribution in [1.82, 2.24) is 9.80 Å². The molecular weight excluding hydrogens is 607 g/mol. The van der Waals surface area contributed by atoms with Gasteiger partial charge in [-0.25, -0.2) is 4.79 Å². The van der Waals surface area contributed by atoms with Gasteiger partial charge in [0, 0.05) is 29.1 Å². The number of primary amides is 1. The van der Waals surface area contributed by atoms with Crippen molar-refractivity contribution in [1.29, 1.82) is 0 Å². The number of hydrogen-bond donors (Lipinski definition) is 1. The SMILES string of the molecule is CCOc1cc(C(C)(C)C)ccc1C1=N[C@@](CC)(c2ccc(Cl)cc2)[C@@H](c2ccc(Cl)cc2)N1C(=O)N1CCC(C(N)=O)CC1. The van der Waals surface area contributed by atoms with Gasteiger partial charge in [0.1, 0.15) is 17.1 Å². The van der Waals surface area contributed by atoms with Crippen LogP contribution in [0.3, 0.4) is 0 Å². The van der Waals surface area contributed by atoms with Crippen LogP contribution < -0.4 is 10.5 Å². The van der Waals surface area contributed by atoms with E-state index in [2.05, 4.69) is 39.8 Å². The van der Waals surface area contributed by atoms with Gasteiger partial charge in [-0.05, 0) is 84.7 Å². The summed E-state index contributed by atoms with van der Waals surface area (Å²) >= 11 is 12.7. The van der Waals surface area contributed by atoms with Gasteiger partial charge in [0.25, 0.3) is 0 Å². The normalized spacial score (nSPS) is 20.7. The number of aliphatic imine (C=N–C) groups is 1. The molecule has 2 N–H and O–H groups in total. The van der Waals surface area contributed by atoms with E-state index in [4.69, 9.17) is 38.7 Å². The number of nitrogens with two attached hydrogens (primary N) is 1. The molecule has 5 rings (SSSR count). The van der Waals surface area contributed by atoms with Crippen LogP contribution in [0.1, 0.15) is 82.2 Å². The number of hydrogen-bond acceptors (Lipinski definition) is 4. The summed E-state index contributed by atoms with van der Waals surface area (Å²) in [6.07, 6.45) is 1.64. The number of carbonyl (C=O) groups excluding carboxylic acids is 2. The summed E-state index contributed by atoms with van der Waals surface area (Å²) < 4.78 is 6.26. The third-order valence-corrected chi connectivity index (χ3v) is 9.58. The number of ether oxygens (including phenoxy) is 1. The molecule has 3 amide bonds. The molecule has 2 atom stereocenters. The number of likely N-dealkylation sites (tertiary alicyclic amines) is 1. The second kappa shape index (κ2) is 13.1. The van der Waals surface area contributed by atoms with E-state index in [1.165, 1.54) is 0 Å². The summed E-state index contributed by atoms with van der Waals surface area (Å²) in [5.74, 6) is 0.646. The highest BCUT2D eigenvalue weighted by molar-refractivity contribution is 6.30. The van der Waals surface area contributed by atoms with Crippen LogP contribution >= 0.6 is 23.2 Å². The summed E-state index contributed by atoms with van der Waals surface area (Å²) in [5.41, 5.74) is 8.39. The second-order valence-corrected chi connectivity index (χ2v) is 13.8. The van der Waals surface area contributed by atoms with E-state index < -0.39 is 11.6 Å². The Hall–Kier alpha value is -3.55. The first kappa shape index (κ1) is 32.8. The van der Waals surface area contributed by atoms with Crippen LogP contribution in [0.25, 0.3) is 0 Å². The predicted octanol–water partition coefficient (Wildman–Crippen LogP) is 8.12. The fourth-order valence-corrected chi connectivity index (χ4v) is 6.75. The predicted molar refractivity (Wildman–Crippen MR) is 181 cm³/mol. The molecule has 0 aliphatic carbocycles. The van der Waals surface area contributed by atoms with Crippen LogP contribution in [0.4, 0.5) is 4.79 Å². The van der Waals surface area contributed by atoms with Crippen molar-refractivity contribution in [2.24, 2.45) is 16.6 Å². The van der Waals surface area contributed by atoms with E-state index in [-0.39, 0.29) is 23.3 Å². The minimum absolute atomic E-state index is 0.107. The Morgan fingerprint density at radius 2 is 1.56 bits per heavy atom. The second-order valence-electron chi connectivity index (χ2n) is 12.9. The lowest BCUT2D eigenvalue weighted by atomic mass is 9.78. The van der Waals surface area contributed by atoms with Crippen molar-refractivity contribution >= 4 is 41.0 Å². The molecule has 0 bridgehead atoms. The summed E-state index contributed by atoms with van der Waals surface area (Å²) in [7, 11) is 0. The largest absolute Gasteiger partial charge is 0.493 e. The average Bonchev–Trinajstić information content (AvgIpc) is 3.37. The van der Waals surface area contributed by atoms with Crippen molar-refractivity contribution < 1.29 is 14.3 Å². The molecule has 238 valence electrons. The molecule has 2 aliphatic rings. The Morgan fingerprint density at radius 3 is 2.09 bits per heavy atom. The number of rotatable bonds is 7. The molecule has 0 saturated carbocycles. The highest BCUT2D eigenvalue weighted by atomic mass is 35.5. The molecule has 9 heteroatoms. The summed E-state index contributed by atoms with van der Waals surface area (Å²) in [5, 5.41) is 1.23. The highest BCUT2D eigenvalue weighted by Crippen LogP contribution is 2.52. The first-order valence-electron chi connectivity index (χ1n) is 15.7. The summed E-state index contributed by atoms with van der Waals surface area (Å²) in [4.78, 5) is 36.0. The number of urea groups is 1. The molecule has 0 spiro atoms. The number of benzene rings is 3. The van der Waals surface area contributed by atoms with Crippen molar-refractivity contribution in [3.63, 3.8) is 0 Å².